The van der Waals surface area contributed by atoms with Gasteiger partial charge in [-0.15, -0.1) is 12.4 Å². The van der Waals surface area contributed by atoms with Crippen LogP contribution in [0.2, 0.25) is 0 Å². The highest BCUT2D eigenvalue weighted by atomic mass is 35.5. The zero-order valence-corrected chi connectivity index (χ0v) is 18.4. The van der Waals surface area contributed by atoms with Crippen molar-refractivity contribution in [3.63, 3.8) is 0 Å². The van der Waals surface area contributed by atoms with Gasteiger partial charge in [-0.3, -0.25) is 14.4 Å². The number of rotatable bonds is 6. The van der Waals surface area contributed by atoms with Gasteiger partial charge in [0.15, 0.2) is 0 Å². The second kappa shape index (κ2) is 11.2. The summed E-state index contributed by atoms with van der Waals surface area (Å²) in [6.07, 6.45) is 8.08. The van der Waals surface area contributed by atoms with Crippen molar-refractivity contribution in [1.82, 2.24) is 15.1 Å². The van der Waals surface area contributed by atoms with Crippen molar-refractivity contribution in [1.29, 1.82) is 0 Å². The molecule has 3 amide bonds. The zero-order valence-electron chi connectivity index (χ0n) is 17.6. The number of carbonyl (C=O) groups is 3. The van der Waals surface area contributed by atoms with Crippen LogP contribution in [-0.2, 0) is 14.4 Å². The summed E-state index contributed by atoms with van der Waals surface area (Å²) in [5, 5.41) is 2.91. The molecule has 0 radical (unpaired) electrons. The van der Waals surface area contributed by atoms with Crippen LogP contribution in [0.1, 0.15) is 64.7 Å². The lowest BCUT2D eigenvalue weighted by Gasteiger charge is -2.38. The average Bonchev–Trinajstić information content (AvgIpc) is 3.08. The topological polar surface area (TPSA) is 95.7 Å². The number of amides is 3. The molecule has 166 valence electrons. The molecule has 3 aliphatic rings. The van der Waals surface area contributed by atoms with Crippen molar-refractivity contribution in [3.8, 4) is 0 Å². The summed E-state index contributed by atoms with van der Waals surface area (Å²) >= 11 is 0. The second-order valence-electron chi connectivity index (χ2n) is 8.88. The molecule has 3 rings (SSSR count). The van der Waals surface area contributed by atoms with Crippen LogP contribution in [0.3, 0.4) is 0 Å². The van der Waals surface area contributed by atoms with Gasteiger partial charge in [0, 0.05) is 51.1 Å². The smallest absolute Gasteiger partial charge is 0.228 e. The number of halogens is 1. The van der Waals surface area contributed by atoms with E-state index in [1.807, 2.05) is 9.80 Å². The fourth-order valence-electron chi connectivity index (χ4n) is 4.99. The molecule has 2 saturated heterocycles. The van der Waals surface area contributed by atoms with E-state index in [1.165, 1.54) is 12.8 Å². The van der Waals surface area contributed by atoms with E-state index in [1.54, 1.807) is 0 Å². The summed E-state index contributed by atoms with van der Waals surface area (Å²) in [6, 6.07) is 0.344. The molecule has 0 spiro atoms. The molecule has 29 heavy (non-hydrogen) atoms. The van der Waals surface area contributed by atoms with E-state index in [0.717, 1.165) is 44.6 Å². The van der Waals surface area contributed by atoms with Gasteiger partial charge < -0.3 is 20.9 Å². The van der Waals surface area contributed by atoms with Gasteiger partial charge in [-0.05, 0) is 50.9 Å². The second-order valence-corrected chi connectivity index (χ2v) is 8.88. The van der Waals surface area contributed by atoms with E-state index in [9.17, 15) is 14.4 Å². The summed E-state index contributed by atoms with van der Waals surface area (Å²) in [6.45, 7) is 4.38. The minimum Gasteiger partial charge on any atom is -0.354 e. The molecule has 0 aromatic carbocycles. The molecule has 0 bridgehead atoms. The third-order valence-corrected chi connectivity index (χ3v) is 6.75. The molecule has 2 unspecified atom stereocenters. The minimum absolute atomic E-state index is 0. The van der Waals surface area contributed by atoms with Gasteiger partial charge >= 0.3 is 0 Å². The van der Waals surface area contributed by atoms with Crippen molar-refractivity contribution in [2.45, 2.75) is 76.8 Å². The summed E-state index contributed by atoms with van der Waals surface area (Å²) < 4.78 is 0. The SMILES string of the molecule is CC1CCC(N2CC(C(=O)N3CCCCC3CNC(=O)CCN)CC2=O)CC1.Cl. The lowest BCUT2D eigenvalue weighted by atomic mass is 9.86. The maximum Gasteiger partial charge on any atom is 0.228 e. The van der Waals surface area contributed by atoms with Gasteiger partial charge in [-0.2, -0.15) is 0 Å². The van der Waals surface area contributed by atoms with E-state index in [-0.39, 0.29) is 42.1 Å². The standard InChI is InChI=1S/C21H36N4O3.ClH/c1-15-5-7-17(8-6-15)25-14-16(12-20(25)27)21(28)24-11-3-2-4-18(24)13-23-19(26)9-10-22;/h15-18H,2-14,22H2,1H3,(H,23,26);1H. The number of carbonyl (C=O) groups excluding carboxylic acids is 3. The summed E-state index contributed by atoms with van der Waals surface area (Å²) in [4.78, 5) is 41.5. The number of nitrogens with two attached hydrogens (primary N) is 1. The molecule has 3 fully saturated rings. The van der Waals surface area contributed by atoms with E-state index >= 15 is 0 Å². The van der Waals surface area contributed by atoms with Crippen LogP contribution in [0.5, 0.6) is 0 Å². The molecule has 3 N–H and O–H groups in total. The quantitative estimate of drug-likeness (QED) is 0.672. The number of hydrogen-bond acceptors (Lipinski definition) is 4. The fraction of sp³-hybridized carbons (Fsp3) is 0.857. The predicted octanol–water partition coefficient (Wildman–Crippen LogP) is 1.68. The molecule has 1 saturated carbocycles. The third kappa shape index (κ3) is 6.07. The largest absolute Gasteiger partial charge is 0.354 e. The van der Waals surface area contributed by atoms with Gasteiger partial charge in [0.2, 0.25) is 17.7 Å². The third-order valence-electron chi connectivity index (χ3n) is 6.75. The lowest BCUT2D eigenvalue weighted by molar-refractivity contribution is -0.139. The Morgan fingerprint density at radius 2 is 1.86 bits per heavy atom. The Bertz CT molecular complexity index is 580. The number of nitrogens with zero attached hydrogens (tertiary/aromatic N) is 2. The average molecular weight is 429 g/mol. The van der Waals surface area contributed by atoms with Crippen LogP contribution in [0.25, 0.3) is 0 Å². The Kier molecular flexibility index (Phi) is 9.21. The summed E-state index contributed by atoms with van der Waals surface area (Å²) in [7, 11) is 0. The highest BCUT2D eigenvalue weighted by Crippen LogP contribution is 2.32. The predicted molar refractivity (Wildman–Crippen MR) is 115 cm³/mol. The maximum atomic E-state index is 13.2. The van der Waals surface area contributed by atoms with Gasteiger partial charge in [-0.1, -0.05) is 6.92 Å². The Labute approximate surface area is 180 Å². The fourth-order valence-corrected chi connectivity index (χ4v) is 4.99. The number of likely N-dealkylation sites (tertiary alicyclic amines) is 2. The first kappa shape index (κ1) is 23.9. The van der Waals surface area contributed by atoms with Crippen LogP contribution < -0.4 is 11.1 Å². The first-order valence-electron chi connectivity index (χ1n) is 11.1. The lowest BCUT2D eigenvalue weighted by Crippen LogP contribution is -2.51. The van der Waals surface area contributed by atoms with Crippen molar-refractivity contribution in [3.05, 3.63) is 0 Å². The Morgan fingerprint density at radius 1 is 1.14 bits per heavy atom. The summed E-state index contributed by atoms with van der Waals surface area (Å²) in [5.74, 6) is 0.692. The van der Waals surface area contributed by atoms with E-state index < -0.39 is 0 Å². The van der Waals surface area contributed by atoms with E-state index in [2.05, 4.69) is 12.2 Å². The van der Waals surface area contributed by atoms with Gasteiger partial charge in [-0.25, -0.2) is 0 Å². The van der Waals surface area contributed by atoms with Crippen LogP contribution in [0.4, 0.5) is 0 Å². The summed E-state index contributed by atoms with van der Waals surface area (Å²) in [5.41, 5.74) is 5.43. The Balaban J connectivity index is 0.00000300. The molecule has 1 aliphatic carbocycles. The van der Waals surface area contributed by atoms with Crippen molar-refractivity contribution >= 4 is 30.1 Å². The monoisotopic (exact) mass is 428 g/mol. The molecule has 8 heteroatoms. The number of hydrogen-bond donors (Lipinski definition) is 2. The number of piperidine rings is 1. The van der Waals surface area contributed by atoms with Gasteiger partial charge in [0.25, 0.3) is 0 Å². The molecular formula is C21H37ClN4O3. The normalized spacial score (nSPS) is 30.1. The number of nitrogens with one attached hydrogen (secondary N) is 1. The Hall–Kier alpha value is -1.34. The molecule has 0 aromatic heterocycles. The highest BCUT2D eigenvalue weighted by molar-refractivity contribution is 5.89. The van der Waals surface area contributed by atoms with Gasteiger partial charge in [0.1, 0.15) is 0 Å². The molecule has 0 aromatic rings. The molecule has 7 nitrogen and oxygen atoms in total. The maximum absolute atomic E-state index is 13.2. The Morgan fingerprint density at radius 3 is 2.55 bits per heavy atom. The molecule has 2 heterocycles. The molecular weight excluding hydrogens is 392 g/mol. The van der Waals surface area contributed by atoms with Crippen LogP contribution in [0, 0.1) is 11.8 Å². The van der Waals surface area contributed by atoms with Crippen LogP contribution >= 0.6 is 12.4 Å². The van der Waals surface area contributed by atoms with Crippen molar-refractivity contribution in [2.24, 2.45) is 17.6 Å². The van der Waals surface area contributed by atoms with E-state index in [0.29, 0.717) is 38.5 Å². The highest BCUT2D eigenvalue weighted by Gasteiger charge is 2.41. The molecule has 2 aliphatic heterocycles. The van der Waals surface area contributed by atoms with E-state index in [4.69, 9.17) is 5.73 Å². The van der Waals surface area contributed by atoms with Crippen molar-refractivity contribution in [2.75, 3.05) is 26.2 Å². The minimum atomic E-state index is -0.229. The van der Waals surface area contributed by atoms with Crippen LogP contribution in [-0.4, -0.2) is 65.8 Å². The first-order chi connectivity index (χ1) is 13.5. The first-order valence-corrected chi connectivity index (χ1v) is 11.1. The van der Waals surface area contributed by atoms with Crippen molar-refractivity contribution < 1.29 is 14.4 Å². The van der Waals surface area contributed by atoms with Gasteiger partial charge in [0.05, 0.1) is 5.92 Å². The van der Waals surface area contributed by atoms with Crippen LogP contribution in [0.15, 0.2) is 0 Å². The molecule has 2 atom stereocenters. The zero-order chi connectivity index (χ0) is 20.1.